The van der Waals surface area contributed by atoms with Crippen molar-refractivity contribution in [2.24, 2.45) is 0 Å². The molecule has 0 spiro atoms. The van der Waals surface area contributed by atoms with Crippen LogP contribution in [0.25, 0.3) is 21.9 Å². The fourth-order valence-corrected chi connectivity index (χ4v) is 3.80. The van der Waals surface area contributed by atoms with Crippen molar-refractivity contribution < 1.29 is 0 Å². The van der Waals surface area contributed by atoms with E-state index in [2.05, 4.69) is 55.1 Å². The van der Waals surface area contributed by atoms with Crippen LogP contribution in [0, 0.1) is 0 Å². The summed E-state index contributed by atoms with van der Waals surface area (Å²) in [5.41, 5.74) is 2.38. The Morgan fingerprint density at radius 1 is 1.25 bits per heavy atom. The Bertz CT molecular complexity index is 772. The van der Waals surface area contributed by atoms with Gasteiger partial charge in [0.15, 0.2) is 0 Å². The summed E-state index contributed by atoms with van der Waals surface area (Å²) in [5, 5.41) is 6.02. The van der Waals surface area contributed by atoms with E-state index in [4.69, 9.17) is 0 Å². The fourth-order valence-electron chi connectivity index (χ4n) is 3.29. The quantitative estimate of drug-likeness (QED) is 0.734. The molecule has 1 N–H and O–H groups in total. The van der Waals surface area contributed by atoms with E-state index in [1.165, 1.54) is 29.1 Å². The van der Waals surface area contributed by atoms with Gasteiger partial charge in [-0.25, -0.2) is 4.98 Å². The average Bonchev–Trinajstić information content (AvgIpc) is 2.84. The van der Waals surface area contributed by atoms with Crippen LogP contribution in [0.4, 0.5) is 0 Å². The second kappa shape index (κ2) is 4.86. The van der Waals surface area contributed by atoms with Gasteiger partial charge in [0.1, 0.15) is 5.65 Å². The number of nitrogens with zero attached hydrogens (tertiary/aromatic N) is 2. The Morgan fingerprint density at radius 2 is 2.15 bits per heavy atom. The minimum Gasteiger partial charge on any atom is -0.321 e. The minimum absolute atomic E-state index is 0.493. The first-order valence-electron chi connectivity index (χ1n) is 7.10. The molecule has 0 aliphatic carbocycles. The molecule has 0 bridgehead atoms. The third kappa shape index (κ3) is 1.79. The Morgan fingerprint density at radius 3 is 3.00 bits per heavy atom. The number of benzene rings is 1. The second-order valence-electron chi connectivity index (χ2n) is 5.38. The topological polar surface area (TPSA) is 29.9 Å². The summed E-state index contributed by atoms with van der Waals surface area (Å²) < 4.78 is 3.54. The first kappa shape index (κ1) is 12.4. The van der Waals surface area contributed by atoms with Crippen LogP contribution < -0.4 is 5.32 Å². The van der Waals surface area contributed by atoms with Crippen molar-refractivity contribution >= 4 is 37.9 Å². The van der Waals surface area contributed by atoms with Gasteiger partial charge in [-0.2, -0.15) is 0 Å². The summed E-state index contributed by atoms with van der Waals surface area (Å²) in [4.78, 5) is 4.66. The summed E-state index contributed by atoms with van der Waals surface area (Å²) in [6, 6.07) is 11.1. The third-order valence-electron chi connectivity index (χ3n) is 4.18. The maximum atomic E-state index is 4.66. The molecule has 3 heterocycles. The van der Waals surface area contributed by atoms with Crippen molar-refractivity contribution in [3.8, 4) is 0 Å². The van der Waals surface area contributed by atoms with Gasteiger partial charge in [-0.3, -0.25) is 0 Å². The smallest absolute Gasteiger partial charge is 0.142 e. The lowest BCUT2D eigenvalue weighted by Crippen LogP contribution is -2.31. The highest BCUT2D eigenvalue weighted by Crippen LogP contribution is 2.36. The van der Waals surface area contributed by atoms with Gasteiger partial charge in [0.05, 0.1) is 5.52 Å². The molecule has 1 aliphatic heterocycles. The molecular weight excluding hydrogens is 314 g/mol. The van der Waals surface area contributed by atoms with E-state index in [0.29, 0.717) is 6.04 Å². The number of piperidine rings is 1. The molecule has 1 aliphatic rings. The van der Waals surface area contributed by atoms with Gasteiger partial charge in [-0.05, 0) is 47.4 Å². The van der Waals surface area contributed by atoms with Crippen molar-refractivity contribution in [2.75, 3.05) is 13.1 Å². The van der Waals surface area contributed by atoms with Crippen molar-refractivity contribution in [3.63, 3.8) is 0 Å². The minimum atomic E-state index is 0.493. The van der Waals surface area contributed by atoms with Gasteiger partial charge >= 0.3 is 0 Å². The molecule has 3 nitrogen and oxygen atoms in total. The number of pyridine rings is 1. The van der Waals surface area contributed by atoms with Crippen molar-refractivity contribution in [3.05, 3.63) is 41.0 Å². The number of nitrogens with one attached hydrogen (secondary N) is 1. The SMILES string of the molecule is Brc1ccnc2c1c1ccccc1n2C1CCCNC1. The number of hydrogen-bond acceptors (Lipinski definition) is 2. The van der Waals surface area contributed by atoms with E-state index in [1.54, 1.807) is 0 Å². The number of halogens is 1. The molecule has 20 heavy (non-hydrogen) atoms. The first-order chi connectivity index (χ1) is 9.86. The Balaban J connectivity index is 2.08. The average molecular weight is 330 g/mol. The van der Waals surface area contributed by atoms with E-state index in [-0.39, 0.29) is 0 Å². The van der Waals surface area contributed by atoms with Crippen LogP contribution >= 0.6 is 15.9 Å². The van der Waals surface area contributed by atoms with Crippen LogP contribution in [0.1, 0.15) is 18.9 Å². The van der Waals surface area contributed by atoms with Crippen molar-refractivity contribution in [1.29, 1.82) is 0 Å². The molecule has 4 rings (SSSR count). The molecule has 1 aromatic carbocycles. The summed E-state index contributed by atoms with van der Waals surface area (Å²) >= 11 is 3.69. The number of rotatable bonds is 1. The lowest BCUT2D eigenvalue weighted by molar-refractivity contribution is 0.384. The van der Waals surface area contributed by atoms with Crippen molar-refractivity contribution in [2.45, 2.75) is 18.9 Å². The summed E-state index contributed by atoms with van der Waals surface area (Å²) in [5.74, 6) is 0. The molecule has 1 unspecified atom stereocenters. The summed E-state index contributed by atoms with van der Waals surface area (Å²) in [7, 11) is 0. The molecule has 0 radical (unpaired) electrons. The molecule has 1 saturated heterocycles. The highest BCUT2D eigenvalue weighted by molar-refractivity contribution is 9.10. The highest BCUT2D eigenvalue weighted by Gasteiger charge is 2.21. The fraction of sp³-hybridized carbons (Fsp3) is 0.312. The summed E-state index contributed by atoms with van der Waals surface area (Å²) in [6.45, 7) is 2.16. The Hall–Kier alpha value is -1.39. The monoisotopic (exact) mass is 329 g/mol. The first-order valence-corrected chi connectivity index (χ1v) is 7.89. The molecule has 0 saturated carbocycles. The van der Waals surface area contributed by atoms with Gasteiger partial charge in [0, 0.05) is 34.0 Å². The second-order valence-corrected chi connectivity index (χ2v) is 6.23. The number of para-hydroxylation sites is 1. The number of fused-ring (bicyclic) bond motifs is 3. The van der Waals surface area contributed by atoms with Crippen molar-refractivity contribution in [1.82, 2.24) is 14.9 Å². The molecular formula is C16H16BrN3. The Kier molecular flexibility index (Phi) is 3.00. The zero-order valence-electron chi connectivity index (χ0n) is 11.1. The predicted molar refractivity (Wildman–Crippen MR) is 86.1 cm³/mol. The standard InChI is InChI=1S/C16H16BrN3/c17-13-7-9-19-16-15(13)12-5-1-2-6-14(12)20(16)11-4-3-8-18-10-11/h1-2,5-7,9,11,18H,3-4,8,10H2. The maximum absolute atomic E-state index is 4.66. The Labute approximate surface area is 126 Å². The predicted octanol–water partition coefficient (Wildman–Crippen LogP) is 3.88. The molecule has 4 heteroatoms. The van der Waals surface area contributed by atoms with E-state index < -0.39 is 0 Å². The molecule has 0 amide bonds. The zero-order valence-corrected chi connectivity index (χ0v) is 12.7. The highest BCUT2D eigenvalue weighted by atomic mass is 79.9. The molecule has 102 valence electrons. The molecule has 1 fully saturated rings. The van der Waals surface area contributed by atoms with Crippen LogP contribution in [0.5, 0.6) is 0 Å². The van der Waals surface area contributed by atoms with Crippen LogP contribution in [0.3, 0.4) is 0 Å². The van der Waals surface area contributed by atoms with E-state index in [0.717, 1.165) is 23.2 Å². The van der Waals surface area contributed by atoms with Gasteiger partial charge in [-0.1, -0.05) is 18.2 Å². The van der Waals surface area contributed by atoms with Gasteiger partial charge in [-0.15, -0.1) is 0 Å². The molecule has 3 aromatic rings. The van der Waals surface area contributed by atoms with Gasteiger partial charge in [0.2, 0.25) is 0 Å². The van der Waals surface area contributed by atoms with Gasteiger partial charge < -0.3 is 9.88 Å². The third-order valence-corrected chi connectivity index (χ3v) is 4.84. The molecule has 1 atom stereocenters. The van der Waals surface area contributed by atoms with E-state index in [9.17, 15) is 0 Å². The lowest BCUT2D eigenvalue weighted by Gasteiger charge is -2.25. The number of aromatic nitrogens is 2. The molecule has 2 aromatic heterocycles. The number of hydrogen-bond donors (Lipinski definition) is 1. The van der Waals surface area contributed by atoms with Crippen LogP contribution in [0.15, 0.2) is 41.0 Å². The largest absolute Gasteiger partial charge is 0.321 e. The lowest BCUT2D eigenvalue weighted by atomic mass is 10.1. The van der Waals surface area contributed by atoms with Crippen LogP contribution in [0.2, 0.25) is 0 Å². The van der Waals surface area contributed by atoms with E-state index >= 15 is 0 Å². The van der Waals surface area contributed by atoms with E-state index in [1.807, 2.05) is 12.3 Å². The normalized spacial score (nSPS) is 19.8. The zero-order chi connectivity index (χ0) is 13.5. The summed E-state index contributed by atoms with van der Waals surface area (Å²) in [6.07, 6.45) is 4.33. The van der Waals surface area contributed by atoms with Crippen LogP contribution in [-0.2, 0) is 0 Å². The van der Waals surface area contributed by atoms with Gasteiger partial charge in [0.25, 0.3) is 0 Å². The van der Waals surface area contributed by atoms with Crippen LogP contribution in [-0.4, -0.2) is 22.6 Å². The maximum Gasteiger partial charge on any atom is 0.142 e.